The largest absolute Gasteiger partial charge is 0.212 e. The molecule has 0 heterocycles. The molecule has 0 bridgehead atoms. The van der Waals surface area contributed by atoms with E-state index in [9.17, 15) is 4.39 Å². The summed E-state index contributed by atoms with van der Waals surface area (Å²) in [5, 5.41) is 0. The van der Waals surface area contributed by atoms with Crippen molar-refractivity contribution in [2.24, 2.45) is 5.92 Å². The molecule has 0 aromatic carbocycles. The van der Waals surface area contributed by atoms with Crippen molar-refractivity contribution in [3.63, 3.8) is 0 Å². The van der Waals surface area contributed by atoms with Gasteiger partial charge in [-0.05, 0) is 43.1 Å². The van der Waals surface area contributed by atoms with Gasteiger partial charge in [-0.25, -0.2) is 4.39 Å². The average Bonchev–Trinajstić information content (AvgIpc) is 2.23. The minimum Gasteiger partial charge on any atom is -0.212 e. The lowest BCUT2D eigenvalue weighted by Gasteiger charge is -2.20. The van der Waals surface area contributed by atoms with Crippen LogP contribution in [-0.2, 0) is 0 Å². The summed E-state index contributed by atoms with van der Waals surface area (Å²) >= 11 is 0. The van der Waals surface area contributed by atoms with Crippen LogP contribution in [-0.4, -0.2) is 0 Å². The molecule has 0 fully saturated rings. The van der Waals surface area contributed by atoms with Crippen molar-refractivity contribution in [1.82, 2.24) is 0 Å². The Bertz CT molecular complexity index is 392. The Kier molecular flexibility index (Phi) is 4.48. The summed E-state index contributed by atoms with van der Waals surface area (Å²) in [6.07, 6.45) is 10.2. The lowest BCUT2D eigenvalue weighted by atomic mass is 9.86. The molecule has 0 aromatic heterocycles. The van der Waals surface area contributed by atoms with Gasteiger partial charge >= 0.3 is 0 Å². The Morgan fingerprint density at radius 3 is 2.81 bits per heavy atom. The molecule has 0 aliphatic heterocycles. The lowest BCUT2D eigenvalue weighted by Crippen LogP contribution is -2.06. The van der Waals surface area contributed by atoms with Crippen molar-refractivity contribution in [3.8, 4) is 0 Å². The van der Waals surface area contributed by atoms with E-state index in [1.165, 1.54) is 0 Å². The second kappa shape index (κ2) is 5.64. The maximum atomic E-state index is 13.3. The van der Waals surface area contributed by atoms with Gasteiger partial charge in [0.15, 0.2) is 0 Å². The molecule has 1 aliphatic rings. The third kappa shape index (κ3) is 3.06. The first kappa shape index (κ1) is 12.7. The summed E-state index contributed by atoms with van der Waals surface area (Å²) in [6.45, 7) is 9.84. The molecule has 0 spiro atoms. The Balaban J connectivity index is 2.88. The maximum absolute atomic E-state index is 13.3. The van der Waals surface area contributed by atoms with Crippen LogP contribution in [0.5, 0.6) is 0 Å². The van der Waals surface area contributed by atoms with Crippen molar-refractivity contribution in [1.29, 1.82) is 0 Å². The van der Waals surface area contributed by atoms with E-state index in [-0.39, 0.29) is 11.7 Å². The summed E-state index contributed by atoms with van der Waals surface area (Å²) in [5.74, 6) is -0.0444. The van der Waals surface area contributed by atoms with Crippen LogP contribution in [0.3, 0.4) is 0 Å². The van der Waals surface area contributed by atoms with Crippen molar-refractivity contribution < 1.29 is 4.39 Å². The van der Waals surface area contributed by atoms with E-state index in [1.807, 2.05) is 45.1 Å². The third-order valence-corrected chi connectivity index (χ3v) is 2.80. The Morgan fingerprint density at radius 1 is 1.50 bits per heavy atom. The molecule has 1 rings (SSSR count). The first-order valence-electron chi connectivity index (χ1n) is 5.61. The zero-order valence-electron chi connectivity index (χ0n) is 10.3. The molecule has 0 N–H and O–H groups in total. The van der Waals surface area contributed by atoms with E-state index >= 15 is 0 Å². The monoisotopic (exact) mass is 218 g/mol. The molecule has 1 unspecified atom stereocenters. The Labute approximate surface area is 97.6 Å². The highest BCUT2D eigenvalue weighted by molar-refractivity contribution is 5.47. The van der Waals surface area contributed by atoms with Gasteiger partial charge in [-0.1, -0.05) is 37.8 Å². The van der Waals surface area contributed by atoms with E-state index in [1.54, 1.807) is 6.08 Å². The van der Waals surface area contributed by atoms with E-state index in [0.717, 1.165) is 23.1 Å². The van der Waals surface area contributed by atoms with Gasteiger partial charge in [0.05, 0.1) is 0 Å². The number of allylic oxidation sites excluding steroid dienone is 9. The first-order chi connectivity index (χ1) is 7.56. The highest BCUT2D eigenvalue weighted by Crippen LogP contribution is 2.33. The van der Waals surface area contributed by atoms with Crippen LogP contribution in [0.15, 0.2) is 59.5 Å². The smallest absolute Gasteiger partial charge is 0.103 e. The minimum atomic E-state index is -0.0226. The van der Waals surface area contributed by atoms with Gasteiger partial charge in [-0.2, -0.15) is 0 Å². The van der Waals surface area contributed by atoms with Crippen LogP contribution in [0.4, 0.5) is 4.39 Å². The zero-order valence-corrected chi connectivity index (χ0v) is 10.3. The fourth-order valence-corrected chi connectivity index (χ4v) is 1.77. The van der Waals surface area contributed by atoms with Crippen LogP contribution >= 0.6 is 0 Å². The number of hydrogen-bond acceptors (Lipinski definition) is 0. The summed E-state index contributed by atoms with van der Waals surface area (Å²) < 4.78 is 13.3. The SMILES string of the molecule is C=C(/C=C\C=C/C)C1=C(C)C=C(F)C(C)C1. The Morgan fingerprint density at radius 2 is 2.19 bits per heavy atom. The van der Waals surface area contributed by atoms with Crippen molar-refractivity contribution in [2.75, 3.05) is 0 Å². The van der Waals surface area contributed by atoms with Crippen LogP contribution in [0.2, 0.25) is 0 Å². The van der Waals surface area contributed by atoms with E-state index in [2.05, 4.69) is 6.58 Å². The summed E-state index contributed by atoms with van der Waals surface area (Å²) in [4.78, 5) is 0. The number of rotatable bonds is 3. The standard InChI is InChI=1S/C15H19F/c1-5-6-7-8-11(2)14-9-13(4)15(16)10-12(14)3/h5-8,10,13H,2,9H2,1,3-4H3/b6-5-,8-7-. The number of hydrogen-bond donors (Lipinski definition) is 0. The molecule has 0 saturated carbocycles. The van der Waals surface area contributed by atoms with Gasteiger partial charge in [0, 0.05) is 5.92 Å². The molecule has 0 nitrogen and oxygen atoms in total. The third-order valence-electron chi connectivity index (χ3n) is 2.80. The van der Waals surface area contributed by atoms with E-state index in [0.29, 0.717) is 0 Å². The van der Waals surface area contributed by atoms with E-state index < -0.39 is 0 Å². The molecule has 0 amide bonds. The number of halogens is 1. The van der Waals surface area contributed by atoms with Crippen molar-refractivity contribution in [2.45, 2.75) is 27.2 Å². The predicted octanol–water partition coefficient (Wildman–Crippen LogP) is 4.88. The summed E-state index contributed by atoms with van der Waals surface area (Å²) in [5.41, 5.74) is 3.13. The van der Waals surface area contributed by atoms with Crippen molar-refractivity contribution in [3.05, 3.63) is 59.5 Å². The quantitative estimate of drug-likeness (QED) is 0.592. The first-order valence-corrected chi connectivity index (χ1v) is 5.61. The average molecular weight is 218 g/mol. The molecular formula is C15H19F. The molecule has 1 atom stereocenters. The minimum absolute atomic E-state index is 0.0218. The van der Waals surface area contributed by atoms with Crippen LogP contribution < -0.4 is 0 Å². The fourth-order valence-electron chi connectivity index (χ4n) is 1.77. The van der Waals surface area contributed by atoms with Gasteiger partial charge < -0.3 is 0 Å². The van der Waals surface area contributed by atoms with Crippen molar-refractivity contribution >= 4 is 0 Å². The molecule has 1 aliphatic carbocycles. The zero-order chi connectivity index (χ0) is 12.1. The van der Waals surface area contributed by atoms with Gasteiger partial charge in [-0.3, -0.25) is 0 Å². The molecule has 1 heteroatoms. The van der Waals surface area contributed by atoms with Gasteiger partial charge in [0.1, 0.15) is 5.83 Å². The topological polar surface area (TPSA) is 0 Å². The van der Waals surface area contributed by atoms with Crippen LogP contribution in [0, 0.1) is 5.92 Å². The van der Waals surface area contributed by atoms with Crippen LogP contribution in [0.1, 0.15) is 27.2 Å². The highest BCUT2D eigenvalue weighted by Gasteiger charge is 2.18. The normalized spacial score (nSPS) is 22.0. The molecule has 0 saturated heterocycles. The summed E-state index contributed by atoms with van der Waals surface area (Å²) in [7, 11) is 0. The van der Waals surface area contributed by atoms with Gasteiger partial charge in [-0.15, -0.1) is 0 Å². The van der Waals surface area contributed by atoms with Gasteiger partial charge in [0.25, 0.3) is 0 Å². The summed E-state index contributed by atoms with van der Waals surface area (Å²) in [6, 6.07) is 0. The lowest BCUT2D eigenvalue weighted by molar-refractivity contribution is 0.482. The molecule has 0 aromatic rings. The second-order valence-corrected chi connectivity index (χ2v) is 4.21. The second-order valence-electron chi connectivity index (χ2n) is 4.21. The molecular weight excluding hydrogens is 199 g/mol. The molecule has 16 heavy (non-hydrogen) atoms. The highest BCUT2D eigenvalue weighted by atomic mass is 19.1. The Hall–Kier alpha value is -1.37. The molecule has 86 valence electrons. The fraction of sp³-hybridized carbons (Fsp3) is 0.333. The molecule has 0 radical (unpaired) electrons. The predicted molar refractivity (Wildman–Crippen MR) is 68.8 cm³/mol. The van der Waals surface area contributed by atoms with Crippen LogP contribution in [0.25, 0.3) is 0 Å². The maximum Gasteiger partial charge on any atom is 0.103 e. The van der Waals surface area contributed by atoms with E-state index in [4.69, 9.17) is 0 Å². The van der Waals surface area contributed by atoms with Gasteiger partial charge in [0.2, 0.25) is 0 Å².